The lowest BCUT2D eigenvalue weighted by Gasteiger charge is -2.35. The van der Waals surface area contributed by atoms with Gasteiger partial charge in [0.25, 0.3) is 0 Å². The van der Waals surface area contributed by atoms with Gasteiger partial charge >= 0.3 is 0 Å². The molecule has 1 N–H and O–H groups in total. The summed E-state index contributed by atoms with van der Waals surface area (Å²) in [5.41, 5.74) is 0. The van der Waals surface area contributed by atoms with Crippen LogP contribution < -0.4 is 5.32 Å². The fraction of sp³-hybridized carbons (Fsp3) is 0.833. The van der Waals surface area contributed by atoms with E-state index in [-0.39, 0.29) is 0 Å². The Hall–Kier alpha value is -0.340. The average molecular weight is 196 g/mol. The molecular formula is C12H24N2. The highest BCUT2D eigenvalue weighted by Gasteiger charge is 2.21. The van der Waals surface area contributed by atoms with Gasteiger partial charge in [-0.05, 0) is 52.7 Å². The highest BCUT2D eigenvalue weighted by molar-refractivity contribution is 4.81. The Morgan fingerprint density at radius 2 is 2.36 bits per heavy atom. The average Bonchev–Trinajstić information content (AvgIpc) is 2.18. The number of nitrogens with zero attached hydrogens (tertiary/aromatic N) is 1. The Morgan fingerprint density at radius 3 is 3.00 bits per heavy atom. The fourth-order valence-corrected chi connectivity index (χ4v) is 2.03. The molecule has 0 aliphatic carbocycles. The number of likely N-dealkylation sites (tertiary alicyclic amines) is 1. The molecule has 0 aromatic carbocycles. The van der Waals surface area contributed by atoms with Crippen molar-refractivity contribution >= 4 is 0 Å². The molecule has 2 nitrogen and oxygen atoms in total. The summed E-state index contributed by atoms with van der Waals surface area (Å²) < 4.78 is 0. The second-order valence-electron chi connectivity index (χ2n) is 4.44. The highest BCUT2D eigenvalue weighted by Crippen LogP contribution is 2.15. The van der Waals surface area contributed by atoms with Crippen LogP contribution in [-0.4, -0.2) is 37.1 Å². The summed E-state index contributed by atoms with van der Waals surface area (Å²) in [5.74, 6) is 0. The molecule has 0 saturated carbocycles. The first-order valence-electron chi connectivity index (χ1n) is 5.78. The molecule has 2 heteroatoms. The van der Waals surface area contributed by atoms with E-state index in [1.165, 1.54) is 25.8 Å². The maximum absolute atomic E-state index is 3.73. The Balaban J connectivity index is 2.10. The summed E-state index contributed by atoms with van der Waals surface area (Å²) in [6, 6.07) is 1.48. The van der Waals surface area contributed by atoms with E-state index in [0.29, 0.717) is 0 Å². The molecule has 1 aliphatic heterocycles. The standard InChI is InChI=1S/C12H24N2/c1-4-5-6-8-13-12-7-9-14(3)11(2)10-12/h4,11-13H,1,5-10H2,2-3H3. The third-order valence-corrected chi connectivity index (χ3v) is 3.23. The van der Waals surface area contributed by atoms with Crippen LogP contribution >= 0.6 is 0 Å². The van der Waals surface area contributed by atoms with E-state index in [0.717, 1.165) is 25.0 Å². The largest absolute Gasteiger partial charge is 0.314 e. The van der Waals surface area contributed by atoms with Crippen LogP contribution in [0.1, 0.15) is 32.6 Å². The first-order chi connectivity index (χ1) is 6.74. The molecule has 1 saturated heterocycles. The van der Waals surface area contributed by atoms with Crippen LogP contribution in [-0.2, 0) is 0 Å². The molecule has 1 fully saturated rings. The van der Waals surface area contributed by atoms with Crippen molar-refractivity contribution in [2.75, 3.05) is 20.1 Å². The third kappa shape index (κ3) is 3.81. The Morgan fingerprint density at radius 1 is 1.57 bits per heavy atom. The predicted molar refractivity (Wildman–Crippen MR) is 62.5 cm³/mol. The minimum Gasteiger partial charge on any atom is -0.314 e. The van der Waals surface area contributed by atoms with Crippen LogP contribution in [0.15, 0.2) is 12.7 Å². The van der Waals surface area contributed by atoms with Crippen molar-refractivity contribution in [3.05, 3.63) is 12.7 Å². The van der Waals surface area contributed by atoms with Gasteiger partial charge in [0, 0.05) is 12.1 Å². The summed E-state index contributed by atoms with van der Waals surface area (Å²) in [4.78, 5) is 2.45. The molecule has 0 spiro atoms. The Labute approximate surface area is 88.4 Å². The van der Waals surface area contributed by atoms with Crippen LogP contribution in [0.4, 0.5) is 0 Å². The van der Waals surface area contributed by atoms with Crippen LogP contribution in [0.5, 0.6) is 0 Å². The number of nitrogens with one attached hydrogen (secondary N) is 1. The summed E-state index contributed by atoms with van der Waals surface area (Å²) in [7, 11) is 2.22. The number of hydrogen-bond acceptors (Lipinski definition) is 2. The summed E-state index contributed by atoms with van der Waals surface area (Å²) in [6.07, 6.45) is 6.96. The first-order valence-corrected chi connectivity index (χ1v) is 5.78. The molecule has 0 radical (unpaired) electrons. The van der Waals surface area contributed by atoms with E-state index in [1.807, 2.05) is 6.08 Å². The monoisotopic (exact) mass is 196 g/mol. The Kier molecular flexibility index (Phi) is 5.20. The van der Waals surface area contributed by atoms with E-state index in [1.54, 1.807) is 0 Å². The van der Waals surface area contributed by atoms with Gasteiger partial charge in [0.15, 0.2) is 0 Å². The van der Waals surface area contributed by atoms with E-state index in [4.69, 9.17) is 0 Å². The van der Waals surface area contributed by atoms with Gasteiger partial charge in [0.1, 0.15) is 0 Å². The van der Waals surface area contributed by atoms with Crippen molar-refractivity contribution < 1.29 is 0 Å². The number of allylic oxidation sites excluding steroid dienone is 1. The second kappa shape index (κ2) is 6.20. The molecule has 1 heterocycles. The molecule has 2 unspecified atom stereocenters. The minimum atomic E-state index is 0.737. The Bertz CT molecular complexity index is 168. The van der Waals surface area contributed by atoms with Gasteiger partial charge in [0.2, 0.25) is 0 Å². The zero-order valence-corrected chi connectivity index (χ0v) is 9.63. The molecule has 2 atom stereocenters. The number of rotatable bonds is 5. The maximum Gasteiger partial charge on any atom is 0.00940 e. The molecule has 0 amide bonds. The van der Waals surface area contributed by atoms with Gasteiger partial charge in [-0.15, -0.1) is 6.58 Å². The lowest BCUT2D eigenvalue weighted by atomic mass is 9.99. The van der Waals surface area contributed by atoms with Gasteiger partial charge < -0.3 is 10.2 Å². The van der Waals surface area contributed by atoms with Gasteiger partial charge in [-0.25, -0.2) is 0 Å². The molecular weight excluding hydrogens is 172 g/mol. The first kappa shape index (κ1) is 11.7. The lowest BCUT2D eigenvalue weighted by Crippen LogP contribution is -2.45. The third-order valence-electron chi connectivity index (χ3n) is 3.23. The van der Waals surface area contributed by atoms with E-state index >= 15 is 0 Å². The maximum atomic E-state index is 3.73. The summed E-state index contributed by atoms with van der Waals surface area (Å²) in [5, 5.41) is 3.63. The molecule has 14 heavy (non-hydrogen) atoms. The van der Waals surface area contributed by atoms with Crippen LogP contribution in [0.2, 0.25) is 0 Å². The van der Waals surface area contributed by atoms with Crippen molar-refractivity contribution in [1.29, 1.82) is 0 Å². The van der Waals surface area contributed by atoms with Crippen molar-refractivity contribution in [1.82, 2.24) is 10.2 Å². The van der Waals surface area contributed by atoms with Crippen LogP contribution in [0, 0.1) is 0 Å². The fourth-order valence-electron chi connectivity index (χ4n) is 2.03. The number of piperidine rings is 1. The van der Waals surface area contributed by atoms with Crippen LogP contribution in [0.3, 0.4) is 0 Å². The van der Waals surface area contributed by atoms with Crippen molar-refractivity contribution in [2.45, 2.75) is 44.7 Å². The van der Waals surface area contributed by atoms with E-state index < -0.39 is 0 Å². The molecule has 82 valence electrons. The van der Waals surface area contributed by atoms with Crippen molar-refractivity contribution in [3.8, 4) is 0 Å². The van der Waals surface area contributed by atoms with Gasteiger partial charge in [0.05, 0.1) is 0 Å². The van der Waals surface area contributed by atoms with Crippen LogP contribution in [0.25, 0.3) is 0 Å². The molecule has 0 aromatic rings. The molecule has 0 aromatic heterocycles. The van der Waals surface area contributed by atoms with E-state index in [9.17, 15) is 0 Å². The van der Waals surface area contributed by atoms with E-state index in [2.05, 4.69) is 30.8 Å². The SMILES string of the molecule is C=CCCCNC1CCN(C)C(C)C1. The zero-order chi connectivity index (χ0) is 10.4. The minimum absolute atomic E-state index is 0.737. The molecule has 1 rings (SSSR count). The van der Waals surface area contributed by atoms with Crippen molar-refractivity contribution in [3.63, 3.8) is 0 Å². The predicted octanol–water partition coefficient (Wildman–Crippen LogP) is 2.02. The second-order valence-corrected chi connectivity index (χ2v) is 4.44. The lowest BCUT2D eigenvalue weighted by molar-refractivity contribution is 0.169. The number of unbranched alkanes of at least 4 members (excludes halogenated alkanes) is 1. The number of hydrogen-bond donors (Lipinski definition) is 1. The smallest absolute Gasteiger partial charge is 0.00940 e. The summed E-state index contributed by atoms with van der Waals surface area (Å²) >= 11 is 0. The zero-order valence-electron chi connectivity index (χ0n) is 9.63. The van der Waals surface area contributed by atoms with Crippen molar-refractivity contribution in [2.24, 2.45) is 0 Å². The normalized spacial score (nSPS) is 29.0. The van der Waals surface area contributed by atoms with Gasteiger partial charge in [-0.2, -0.15) is 0 Å². The highest BCUT2D eigenvalue weighted by atomic mass is 15.1. The summed E-state index contributed by atoms with van der Waals surface area (Å²) in [6.45, 7) is 8.43. The topological polar surface area (TPSA) is 15.3 Å². The van der Waals surface area contributed by atoms with Gasteiger partial charge in [-0.3, -0.25) is 0 Å². The molecule has 0 bridgehead atoms. The van der Waals surface area contributed by atoms with Gasteiger partial charge in [-0.1, -0.05) is 6.08 Å². The molecule has 1 aliphatic rings. The quantitative estimate of drug-likeness (QED) is 0.534.